The first-order valence-corrected chi connectivity index (χ1v) is 6.83. The first kappa shape index (κ1) is 17.5. The molecular weight excluding hydrogens is 322 g/mol. The zero-order valence-corrected chi connectivity index (χ0v) is 13.2. The van der Waals surface area contributed by atoms with Crippen molar-refractivity contribution in [3.8, 4) is 0 Å². The van der Waals surface area contributed by atoms with Crippen molar-refractivity contribution in [3.63, 3.8) is 0 Å². The van der Waals surface area contributed by atoms with Crippen LogP contribution in [0, 0.1) is 5.82 Å². The molecule has 0 radical (unpaired) electrons. The van der Waals surface area contributed by atoms with Crippen LogP contribution in [0.15, 0.2) is 12.1 Å². The highest BCUT2D eigenvalue weighted by Crippen LogP contribution is 2.32. The van der Waals surface area contributed by atoms with Gasteiger partial charge in [0, 0.05) is 6.54 Å². The Morgan fingerprint density at radius 1 is 1.33 bits per heavy atom. The Kier molecular flexibility index (Phi) is 5.42. The molecule has 0 aliphatic carbocycles. The van der Waals surface area contributed by atoms with Gasteiger partial charge in [0.15, 0.2) is 0 Å². The fourth-order valence-electron chi connectivity index (χ4n) is 1.74. The molecule has 0 aliphatic heterocycles. The van der Waals surface area contributed by atoms with Crippen LogP contribution in [0.5, 0.6) is 0 Å². The molecule has 0 spiro atoms. The number of carbonyl (C=O) groups excluding carboxylic acids is 1. The summed E-state index contributed by atoms with van der Waals surface area (Å²) >= 11 is 11.7. The fraction of sp³-hybridized carbons (Fsp3) is 0.385. The number of nitrogens with one attached hydrogen (secondary N) is 1. The highest BCUT2D eigenvalue weighted by molar-refractivity contribution is 6.39. The summed E-state index contributed by atoms with van der Waals surface area (Å²) in [5.74, 6) is -1.79. The van der Waals surface area contributed by atoms with Crippen LogP contribution in [0.4, 0.5) is 14.9 Å². The Morgan fingerprint density at radius 2 is 1.81 bits per heavy atom. The third-order valence-corrected chi connectivity index (χ3v) is 3.59. The highest BCUT2D eigenvalue weighted by atomic mass is 35.5. The topological polar surface area (TPSA) is 69.6 Å². The lowest BCUT2D eigenvalue weighted by Crippen LogP contribution is -2.54. The average Bonchev–Trinajstić information content (AvgIpc) is 2.34. The zero-order valence-electron chi connectivity index (χ0n) is 11.7. The van der Waals surface area contributed by atoms with Crippen molar-refractivity contribution in [2.45, 2.75) is 26.3 Å². The van der Waals surface area contributed by atoms with E-state index in [1.54, 1.807) is 6.92 Å². The monoisotopic (exact) mass is 336 g/mol. The number of aliphatic carboxylic acids is 1. The van der Waals surface area contributed by atoms with Crippen LogP contribution in [0.2, 0.25) is 10.0 Å². The number of rotatable bonds is 4. The lowest BCUT2D eigenvalue weighted by molar-refractivity contribution is -0.147. The molecule has 0 bridgehead atoms. The SMILES string of the molecule is CCN(C(=O)Nc1c(Cl)cc(F)cc1Cl)C(C)(C)C(=O)O. The first-order chi connectivity index (χ1) is 9.61. The summed E-state index contributed by atoms with van der Waals surface area (Å²) in [6.45, 7) is 4.58. The summed E-state index contributed by atoms with van der Waals surface area (Å²) < 4.78 is 13.1. The molecule has 1 aromatic rings. The van der Waals surface area contributed by atoms with Gasteiger partial charge >= 0.3 is 12.0 Å². The number of carboxylic acid groups (broad SMARTS) is 1. The molecule has 5 nitrogen and oxygen atoms in total. The van der Waals surface area contributed by atoms with E-state index < -0.39 is 23.4 Å². The number of hydrogen-bond acceptors (Lipinski definition) is 2. The summed E-state index contributed by atoms with van der Waals surface area (Å²) in [7, 11) is 0. The molecule has 0 saturated carbocycles. The number of anilines is 1. The maximum Gasteiger partial charge on any atom is 0.329 e. The van der Waals surface area contributed by atoms with Crippen LogP contribution in [0.3, 0.4) is 0 Å². The van der Waals surface area contributed by atoms with E-state index in [2.05, 4.69) is 5.32 Å². The predicted octanol–water partition coefficient (Wildman–Crippen LogP) is 3.85. The number of amides is 2. The molecule has 1 rings (SSSR count). The third-order valence-electron chi connectivity index (χ3n) is 3.00. The van der Waals surface area contributed by atoms with Crippen LogP contribution in [-0.2, 0) is 4.79 Å². The van der Waals surface area contributed by atoms with Gasteiger partial charge in [-0.2, -0.15) is 0 Å². The van der Waals surface area contributed by atoms with Gasteiger partial charge in [-0.25, -0.2) is 14.0 Å². The molecule has 0 saturated heterocycles. The summed E-state index contributed by atoms with van der Waals surface area (Å²) in [4.78, 5) is 24.6. The Bertz CT molecular complexity index is 556. The average molecular weight is 337 g/mol. The number of nitrogens with zero attached hydrogens (tertiary/aromatic N) is 1. The zero-order chi connectivity index (χ0) is 16.4. The number of hydrogen-bond donors (Lipinski definition) is 2. The van der Waals surface area contributed by atoms with E-state index >= 15 is 0 Å². The minimum atomic E-state index is -1.42. The van der Waals surface area contributed by atoms with Gasteiger partial charge in [-0.05, 0) is 32.9 Å². The Balaban J connectivity index is 3.08. The first-order valence-electron chi connectivity index (χ1n) is 6.07. The molecule has 8 heteroatoms. The van der Waals surface area contributed by atoms with Gasteiger partial charge in [0.25, 0.3) is 0 Å². The van der Waals surface area contributed by atoms with E-state index in [1.807, 2.05) is 0 Å². The molecule has 0 aliphatic rings. The smallest absolute Gasteiger partial charge is 0.329 e. The van der Waals surface area contributed by atoms with Crippen molar-refractivity contribution < 1.29 is 19.1 Å². The third kappa shape index (κ3) is 3.77. The molecule has 0 atom stereocenters. The number of likely N-dealkylation sites (N-methyl/N-ethyl adjacent to an activating group) is 1. The minimum absolute atomic E-state index is 0.0318. The number of urea groups is 1. The van der Waals surface area contributed by atoms with Crippen LogP contribution < -0.4 is 5.32 Å². The fourth-order valence-corrected chi connectivity index (χ4v) is 2.30. The van der Waals surface area contributed by atoms with Gasteiger partial charge in [0.2, 0.25) is 0 Å². The van der Waals surface area contributed by atoms with Crippen molar-refractivity contribution in [3.05, 3.63) is 28.0 Å². The lowest BCUT2D eigenvalue weighted by atomic mass is 10.0. The van der Waals surface area contributed by atoms with Gasteiger partial charge < -0.3 is 15.3 Å². The van der Waals surface area contributed by atoms with Crippen LogP contribution in [0.1, 0.15) is 20.8 Å². The van der Waals surface area contributed by atoms with Gasteiger partial charge in [-0.1, -0.05) is 23.2 Å². The van der Waals surface area contributed by atoms with Crippen molar-refractivity contribution in [2.24, 2.45) is 0 Å². The molecule has 0 fully saturated rings. The van der Waals surface area contributed by atoms with E-state index in [-0.39, 0.29) is 22.3 Å². The summed E-state index contributed by atoms with van der Waals surface area (Å²) in [6.07, 6.45) is 0. The van der Waals surface area contributed by atoms with Gasteiger partial charge in [0.1, 0.15) is 11.4 Å². The lowest BCUT2D eigenvalue weighted by Gasteiger charge is -2.34. The van der Waals surface area contributed by atoms with Crippen molar-refractivity contribution in [2.75, 3.05) is 11.9 Å². The molecule has 0 aromatic heterocycles. The Hall–Kier alpha value is -1.53. The standard InChI is InChI=1S/C13H15Cl2FN2O3/c1-4-18(13(2,3)11(19)20)12(21)17-10-8(14)5-7(16)6-9(10)15/h5-6H,4H2,1-3H3,(H,17,21)(H,19,20). The maximum absolute atomic E-state index is 13.1. The highest BCUT2D eigenvalue weighted by Gasteiger charge is 2.37. The van der Waals surface area contributed by atoms with Crippen LogP contribution >= 0.6 is 23.2 Å². The maximum atomic E-state index is 13.1. The normalized spacial score (nSPS) is 11.1. The summed E-state index contributed by atoms with van der Waals surface area (Å²) in [6, 6.07) is 1.31. The Morgan fingerprint density at radius 3 is 2.19 bits per heavy atom. The molecule has 0 heterocycles. The van der Waals surface area contributed by atoms with Crippen LogP contribution in [0.25, 0.3) is 0 Å². The minimum Gasteiger partial charge on any atom is -0.480 e. The van der Waals surface area contributed by atoms with Crippen molar-refractivity contribution in [1.29, 1.82) is 0 Å². The molecule has 116 valence electrons. The molecule has 21 heavy (non-hydrogen) atoms. The van der Waals surface area contributed by atoms with Crippen molar-refractivity contribution >= 4 is 40.9 Å². The van der Waals surface area contributed by atoms with E-state index in [4.69, 9.17) is 23.2 Å². The summed E-state index contributed by atoms with van der Waals surface area (Å²) in [5, 5.41) is 11.4. The quantitative estimate of drug-likeness (QED) is 0.877. The molecule has 2 N–H and O–H groups in total. The largest absolute Gasteiger partial charge is 0.480 e. The summed E-state index contributed by atoms with van der Waals surface area (Å²) in [5.41, 5.74) is -1.39. The van der Waals surface area contributed by atoms with E-state index in [9.17, 15) is 19.1 Å². The second kappa shape index (κ2) is 6.49. The number of benzene rings is 1. The molecule has 2 amide bonds. The second-order valence-corrected chi connectivity index (χ2v) is 5.60. The second-order valence-electron chi connectivity index (χ2n) is 4.78. The van der Waals surface area contributed by atoms with E-state index in [1.165, 1.54) is 13.8 Å². The number of halogens is 3. The molecule has 0 unspecified atom stereocenters. The van der Waals surface area contributed by atoms with Gasteiger partial charge in [-0.15, -0.1) is 0 Å². The van der Waals surface area contributed by atoms with Crippen molar-refractivity contribution in [1.82, 2.24) is 4.90 Å². The molecular formula is C13H15Cl2FN2O3. The Labute approximate surface area is 131 Å². The van der Waals surface area contributed by atoms with Gasteiger partial charge in [-0.3, -0.25) is 0 Å². The van der Waals surface area contributed by atoms with E-state index in [0.717, 1.165) is 17.0 Å². The number of carboxylic acids is 1. The number of carbonyl (C=O) groups is 2. The molecule has 1 aromatic carbocycles. The van der Waals surface area contributed by atoms with Gasteiger partial charge in [0.05, 0.1) is 15.7 Å². The predicted molar refractivity (Wildman–Crippen MR) is 79.5 cm³/mol. The van der Waals surface area contributed by atoms with E-state index in [0.29, 0.717) is 0 Å². The van der Waals surface area contributed by atoms with Crippen LogP contribution in [-0.4, -0.2) is 34.1 Å².